The molecular formula is C50H96O6. The molecule has 0 spiro atoms. The van der Waals surface area contributed by atoms with E-state index in [2.05, 4.69) is 27.7 Å². The third-order valence-corrected chi connectivity index (χ3v) is 11.3. The van der Waals surface area contributed by atoms with Crippen molar-refractivity contribution in [3.8, 4) is 0 Å². The molecule has 0 saturated carbocycles. The van der Waals surface area contributed by atoms with Gasteiger partial charge in [-0.2, -0.15) is 0 Å². The average Bonchev–Trinajstić information content (AvgIpc) is 3.18. The van der Waals surface area contributed by atoms with Crippen molar-refractivity contribution in [3.63, 3.8) is 0 Å². The quantitative estimate of drug-likeness (QED) is 0.0347. The van der Waals surface area contributed by atoms with Gasteiger partial charge in [0.2, 0.25) is 0 Å². The van der Waals surface area contributed by atoms with Gasteiger partial charge in [-0.3, -0.25) is 14.4 Å². The smallest absolute Gasteiger partial charge is 0.306 e. The highest BCUT2D eigenvalue weighted by atomic mass is 16.6. The summed E-state index contributed by atoms with van der Waals surface area (Å²) in [6.07, 6.45) is 45.2. The van der Waals surface area contributed by atoms with E-state index in [0.29, 0.717) is 19.3 Å². The predicted octanol–water partition coefficient (Wildman–Crippen LogP) is 15.9. The van der Waals surface area contributed by atoms with Crippen molar-refractivity contribution in [2.45, 2.75) is 284 Å². The summed E-state index contributed by atoms with van der Waals surface area (Å²) in [6.45, 7) is 8.99. The lowest BCUT2D eigenvalue weighted by molar-refractivity contribution is -0.167. The van der Waals surface area contributed by atoms with Gasteiger partial charge in [-0.25, -0.2) is 0 Å². The molecule has 0 bridgehead atoms. The number of ether oxygens (including phenoxy) is 3. The van der Waals surface area contributed by atoms with Crippen molar-refractivity contribution >= 4 is 17.9 Å². The van der Waals surface area contributed by atoms with Crippen LogP contribution in [0.15, 0.2) is 0 Å². The zero-order valence-electron chi connectivity index (χ0n) is 38.1. The Morgan fingerprint density at radius 1 is 0.339 bits per heavy atom. The Morgan fingerprint density at radius 3 is 0.875 bits per heavy atom. The van der Waals surface area contributed by atoms with Crippen LogP contribution in [-0.2, 0) is 28.6 Å². The minimum atomic E-state index is -0.759. The minimum absolute atomic E-state index is 0.0633. The molecule has 0 aromatic carbocycles. The topological polar surface area (TPSA) is 78.9 Å². The number of hydrogen-bond donors (Lipinski definition) is 0. The number of esters is 3. The Morgan fingerprint density at radius 2 is 0.589 bits per heavy atom. The molecule has 0 unspecified atom stereocenters. The van der Waals surface area contributed by atoms with E-state index in [1.165, 1.54) is 173 Å². The van der Waals surface area contributed by atoms with E-state index in [1.807, 2.05) is 0 Å². The Hall–Kier alpha value is -1.59. The molecule has 0 aromatic heterocycles. The molecule has 0 aromatic rings. The highest BCUT2D eigenvalue weighted by Gasteiger charge is 2.19. The number of carbonyl (C=O) groups is 3. The summed E-state index contributed by atoms with van der Waals surface area (Å²) >= 11 is 0. The molecule has 6 nitrogen and oxygen atoms in total. The van der Waals surface area contributed by atoms with Crippen molar-refractivity contribution in [3.05, 3.63) is 0 Å². The van der Waals surface area contributed by atoms with Gasteiger partial charge in [-0.1, -0.05) is 240 Å². The van der Waals surface area contributed by atoms with Crippen LogP contribution in [0.4, 0.5) is 0 Å². The van der Waals surface area contributed by atoms with Gasteiger partial charge in [-0.05, 0) is 25.2 Å². The molecule has 0 heterocycles. The average molecular weight is 793 g/mol. The lowest BCUT2D eigenvalue weighted by atomic mass is 10.0. The molecular weight excluding hydrogens is 697 g/mol. The SMILES string of the molecule is CCCCCCCCCCCCCCCCCCC(=O)OC[C@H](COC(=O)CCCCCCCCCCCC(C)C)OC(=O)CCCCCCCCCCCC. The van der Waals surface area contributed by atoms with E-state index in [-0.39, 0.29) is 31.1 Å². The number of hydrogen-bond acceptors (Lipinski definition) is 6. The summed E-state index contributed by atoms with van der Waals surface area (Å²) in [4.78, 5) is 37.8. The van der Waals surface area contributed by atoms with Gasteiger partial charge >= 0.3 is 17.9 Å². The van der Waals surface area contributed by atoms with Crippen LogP contribution in [0.2, 0.25) is 0 Å². The second kappa shape index (κ2) is 44.5. The summed E-state index contributed by atoms with van der Waals surface area (Å²) < 4.78 is 16.8. The standard InChI is InChI=1S/C50H96O6/c1-5-7-9-11-13-15-17-18-19-20-21-22-26-29-33-37-41-48(51)54-44-47(56-50(53)43-39-35-31-25-16-14-12-10-8-6-2)45-55-49(52)42-38-34-30-27-23-24-28-32-36-40-46(3)4/h46-47H,5-45H2,1-4H3/t47-/m1/s1. The van der Waals surface area contributed by atoms with Crippen molar-refractivity contribution in [2.24, 2.45) is 5.92 Å². The van der Waals surface area contributed by atoms with E-state index in [1.54, 1.807) is 0 Å². The van der Waals surface area contributed by atoms with E-state index in [0.717, 1.165) is 63.7 Å². The fourth-order valence-corrected chi connectivity index (χ4v) is 7.51. The van der Waals surface area contributed by atoms with E-state index < -0.39 is 6.10 Å². The number of carbonyl (C=O) groups excluding carboxylic acids is 3. The Bertz CT molecular complexity index is 841. The van der Waals surface area contributed by atoms with Crippen LogP contribution in [0.25, 0.3) is 0 Å². The molecule has 0 amide bonds. The lowest BCUT2D eigenvalue weighted by Crippen LogP contribution is -2.30. The maximum absolute atomic E-state index is 12.7. The van der Waals surface area contributed by atoms with E-state index in [9.17, 15) is 14.4 Å². The largest absolute Gasteiger partial charge is 0.462 e. The van der Waals surface area contributed by atoms with Crippen LogP contribution in [0.5, 0.6) is 0 Å². The van der Waals surface area contributed by atoms with Gasteiger partial charge in [0.25, 0.3) is 0 Å². The zero-order chi connectivity index (χ0) is 41.0. The van der Waals surface area contributed by atoms with Crippen LogP contribution in [0.1, 0.15) is 278 Å². The van der Waals surface area contributed by atoms with E-state index >= 15 is 0 Å². The molecule has 0 fully saturated rings. The first-order chi connectivity index (χ1) is 27.4. The molecule has 0 aliphatic heterocycles. The molecule has 0 N–H and O–H groups in total. The molecule has 56 heavy (non-hydrogen) atoms. The highest BCUT2D eigenvalue weighted by molar-refractivity contribution is 5.71. The molecule has 0 rings (SSSR count). The van der Waals surface area contributed by atoms with Gasteiger partial charge in [0, 0.05) is 19.3 Å². The number of unbranched alkanes of at least 4 members (excludes halogenated alkanes) is 32. The van der Waals surface area contributed by atoms with Crippen LogP contribution in [-0.4, -0.2) is 37.2 Å². The molecule has 0 aliphatic carbocycles. The molecule has 1 atom stereocenters. The van der Waals surface area contributed by atoms with Crippen LogP contribution in [0, 0.1) is 5.92 Å². The Labute approximate surface area is 348 Å². The summed E-state index contributed by atoms with van der Waals surface area (Å²) in [6, 6.07) is 0. The maximum Gasteiger partial charge on any atom is 0.306 e. The predicted molar refractivity (Wildman–Crippen MR) is 238 cm³/mol. The summed E-state index contributed by atoms with van der Waals surface area (Å²) in [5, 5.41) is 0. The van der Waals surface area contributed by atoms with Crippen molar-refractivity contribution in [2.75, 3.05) is 13.2 Å². The molecule has 6 heteroatoms. The van der Waals surface area contributed by atoms with Crippen molar-refractivity contribution in [1.82, 2.24) is 0 Å². The van der Waals surface area contributed by atoms with Crippen LogP contribution in [0.3, 0.4) is 0 Å². The number of rotatable bonds is 45. The minimum Gasteiger partial charge on any atom is -0.462 e. The molecule has 0 radical (unpaired) electrons. The van der Waals surface area contributed by atoms with Gasteiger partial charge in [0.05, 0.1) is 0 Å². The van der Waals surface area contributed by atoms with Crippen molar-refractivity contribution < 1.29 is 28.6 Å². The monoisotopic (exact) mass is 793 g/mol. The first-order valence-electron chi connectivity index (χ1n) is 24.9. The first kappa shape index (κ1) is 54.4. The van der Waals surface area contributed by atoms with E-state index in [4.69, 9.17) is 14.2 Å². The van der Waals surface area contributed by atoms with Gasteiger partial charge in [0.15, 0.2) is 6.10 Å². The molecule has 0 saturated heterocycles. The summed E-state index contributed by atoms with van der Waals surface area (Å²) in [7, 11) is 0. The van der Waals surface area contributed by atoms with Crippen molar-refractivity contribution in [1.29, 1.82) is 0 Å². The highest BCUT2D eigenvalue weighted by Crippen LogP contribution is 2.17. The normalized spacial score (nSPS) is 11.9. The van der Waals surface area contributed by atoms with Gasteiger partial charge in [-0.15, -0.1) is 0 Å². The molecule has 332 valence electrons. The summed E-state index contributed by atoms with van der Waals surface area (Å²) in [5.41, 5.74) is 0. The third-order valence-electron chi connectivity index (χ3n) is 11.3. The second-order valence-electron chi connectivity index (χ2n) is 17.6. The maximum atomic E-state index is 12.7. The summed E-state index contributed by atoms with van der Waals surface area (Å²) in [5.74, 6) is -0.0413. The zero-order valence-corrected chi connectivity index (χ0v) is 38.1. The Kier molecular flexibility index (Phi) is 43.2. The van der Waals surface area contributed by atoms with Gasteiger partial charge in [0.1, 0.15) is 13.2 Å². The fraction of sp³-hybridized carbons (Fsp3) is 0.940. The van der Waals surface area contributed by atoms with Crippen LogP contribution < -0.4 is 0 Å². The second-order valence-corrected chi connectivity index (χ2v) is 17.6. The molecule has 0 aliphatic rings. The Balaban J connectivity index is 4.27. The lowest BCUT2D eigenvalue weighted by Gasteiger charge is -2.18. The third kappa shape index (κ3) is 43.5. The first-order valence-corrected chi connectivity index (χ1v) is 24.9. The fourth-order valence-electron chi connectivity index (χ4n) is 7.51. The van der Waals surface area contributed by atoms with Crippen LogP contribution >= 0.6 is 0 Å². The van der Waals surface area contributed by atoms with Gasteiger partial charge < -0.3 is 14.2 Å².